The van der Waals surface area contributed by atoms with Gasteiger partial charge < -0.3 is 5.11 Å². The minimum Gasteiger partial charge on any atom is -0.392 e. The summed E-state index contributed by atoms with van der Waals surface area (Å²) < 4.78 is 0. The molecule has 0 unspecified atom stereocenters. The van der Waals surface area contributed by atoms with Gasteiger partial charge in [0.05, 0.1) is 6.61 Å². The molecule has 2 aromatic carbocycles. The fourth-order valence-corrected chi connectivity index (χ4v) is 1.72. The van der Waals surface area contributed by atoms with Gasteiger partial charge in [-0.3, -0.25) is 0 Å². The fourth-order valence-electron chi connectivity index (χ4n) is 1.72. The second-order valence-electron chi connectivity index (χ2n) is 4.15. The maximum atomic E-state index is 8.98. The third-order valence-corrected chi connectivity index (χ3v) is 2.98. The lowest BCUT2D eigenvalue weighted by molar-refractivity contribution is 0.282. The molecule has 0 bridgehead atoms. The zero-order valence-corrected chi connectivity index (χ0v) is 9.70. The number of hydrogen-bond acceptors (Lipinski definition) is 1. The van der Waals surface area contributed by atoms with Crippen LogP contribution in [0, 0.1) is 13.8 Å². The summed E-state index contributed by atoms with van der Waals surface area (Å²) in [5.74, 6) is 0. The summed E-state index contributed by atoms with van der Waals surface area (Å²) in [6, 6.07) is 14.5. The number of benzene rings is 2. The van der Waals surface area contributed by atoms with Gasteiger partial charge in [0.1, 0.15) is 0 Å². The van der Waals surface area contributed by atoms with Crippen LogP contribution in [0.4, 0.5) is 0 Å². The van der Waals surface area contributed by atoms with Gasteiger partial charge in [0.25, 0.3) is 0 Å². The van der Waals surface area contributed by atoms with Crippen LogP contribution in [0.25, 0.3) is 11.1 Å². The van der Waals surface area contributed by atoms with Crippen LogP contribution in [0.5, 0.6) is 0 Å². The second kappa shape index (κ2) is 4.50. The molecule has 0 aliphatic carbocycles. The van der Waals surface area contributed by atoms with Crippen LogP contribution >= 0.6 is 0 Å². The highest BCUT2D eigenvalue weighted by molar-refractivity contribution is 5.65. The predicted molar refractivity (Wildman–Crippen MR) is 67.3 cm³/mol. The molecule has 1 nitrogen and oxygen atoms in total. The Balaban J connectivity index is 2.38. The van der Waals surface area contributed by atoms with E-state index in [1.54, 1.807) is 0 Å². The van der Waals surface area contributed by atoms with E-state index in [-0.39, 0.29) is 6.61 Å². The van der Waals surface area contributed by atoms with Crippen LogP contribution in [0.3, 0.4) is 0 Å². The third-order valence-electron chi connectivity index (χ3n) is 2.98. The first kappa shape index (κ1) is 10.9. The first-order chi connectivity index (χ1) is 7.70. The van der Waals surface area contributed by atoms with Gasteiger partial charge in [-0.05, 0) is 41.7 Å². The molecule has 2 rings (SSSR count). The van der Waals surface area contributed by atoms with Gasteiger partial charge in [-0.2, -0.15) is 0 Å². The van der Waals surface area contributed by atoms with Crippen LogP contribution < -0.4 is 0 Å². The van der Waals surface area contributed by atoms with Gasteiger partial charge in [0, 0.05) is 0 Å². The van der Waals surface area contributed by atoms with E-state index in [9.17, 15) is 0 Å². The Morgan fingerprint density at radius 1 is 0.812 bits per heavy atom. The monoisotopic (exact) mass is 212 g/mol. The van der Waals surface area contributed by atoms with Crippen molar-refractivity contribution in [2.75, 3.05) is 0 Å². The smallest absolute Gasteiger partial charge is 0.0681 e. The highest BCUT2D eigenvalue weighted by Crippen LogP contribution is 2.22. The zero-order chi connectivity index (χ0) is 11.5. The maximum absolute atomic E-state index is 8.98. The summed E-state index contributed by atoms with van der Waals surface area (Å²) in [6.07, 6.45) is 0. The average Bonchev–Trinajstić information content (AvgIpc) is 2.33. The SMILES string of the molecule is Cc1ccc(-c2ccc(CO)cc2)cc1C. The van der Waals surface area contributed by atoms with Crippen molar-refractivity contribution in [1.29, 1.82) is 0 Å². The van der Waals surface area contributed by atoms with Crippen LogP contribution in [0.15, 0.2) is 42.5 Å². The summed E-state index contributed by atoms with van der Waals surface area (Å²) in [6.45, 7) is 4.35. The van der Waals surface area contributed by atoms with Crippen molar-refractivity contribution in [3.05, 3.63) is 59.2 Å². The van der Waals surface area contributed by atoms with Crippen molar-refractivity contribution in [2.45, 2.75) is 20.5 Å². The van der Waals surface area contributed by atoms with Crippen molar-refractivity contribution in [1.82, 2.24) is 0 Å². The molecule has 1 heteroatoms. The highest BCUT2D eigenvalue weighted by atomic mass is 16.3. The summed E-state index contributed by atoms with van der Waals surface area (Å²) in [7, 11) is 0. The van der Waals surface area contributed by atoms with Crippen molar-refractivity contribution in [3.8, 4) is 11.1 Å². The molecule has 16 heavy (non-hydrogen) atoms. The van der Waals surface area contributed by atoms with E-state index >= 15 is 0 Å². The van der Waals surface area contributed by atoms with Crippen LogP contribution in [-0.4, -0.2) is 5.11 Å². The Hall–Kier alpha value is -1.60. The normalized spacial score (nSPS) is 10.4. The van der Waals surface area contributed by atoms with E-state index < -0.39 is 0 Å². The summed E-state index contributed by atoms with van der Waals surface area (Å²) in [5, 5.41) is 8.98. The first-order valence-corrected chi connectivity index (χ1v) is 5.48. The molecule has 0 amide bonds. The molecule has 0 aromatic heterocycles. The maximum Gasteiger partial charge on any atom is 0.0681 e. The van der Waals surface area contributed by atoms with Crippen LogP contribution in [-0.2, 0) is 6.61 Å². The van der Waals surface area contributed by atoms with Gasteiger partial charge in [-0.1, -0.05) is 42.5 Å². The highest BCUT2D eigenvalue weighted by Gasteiger charge is 1.99. The Bertz CT molecular complexity index is 483. The molecule has 82 valence electrons. The zero-order valence-electron chi connectivity index (χ0n) is 9.70. The van der Waals surface area contributed by atoms with E-state index in [2.05, 4.69) is 44.2 Å². The number of aryl methyl sites for hydroxylation is 2. The molecule has 0 atom stereocenters. The number of aliphatic hydroxyl groups is 1. The summed E-state index contributed by atoms with van der Waals surface area (Å²) in [4.78, 5) is 0. The molecule has 0 saturated carbocycles. The molecule has 0 heterocycles. The standard InChI is InChI=1S/C15H16O/c1-11-3-6-15(9-12(11)2)14-7-4-13(10-16)5-8-14/h3-9,16H,10H2,1-2H3. The molecule has 0 spiro atoms. The van der Waals surface area contributed by atoms with Crippen LogP contribution in [0.1, 0.15) is 16.7 Å². The predicted octanol–water partition coefficient (Wildman–Crippen LogP) is 3.46. The minimum absolute atomic E-state index is 0.104. The Labute approximate surface area is 96.4 Å². The molecule has 0 aliphatic heterocycles. The number of aliphatic hydroxyl groups excluding tert-OH is 1. The molecule has 0 aliphatic rings. The Morgan fingerprint density at radius 2 is 1.44 bits per heavy atom. The molecular weight excluding hydrogens is 196 g/mol. The van der Waals surface area contributed by atoms with Crippen molar-refractivity contribution < 1.29 is 5.11 Å². The lowest BCUT2D eigenvalue weighted by atomic mass is 10.00. The molecule has 0 fully saturated rings. The molecule has 0 radical (unpaired) electrons. The molecule has 0 saturated heterocycles. The van der Waals surface area contributed by atoms with E-state index in [1.807, 2.05) is 12.1 Å². The topological polar surface area (TPSA) is 20.2 Å². The van der Waals surface area contributed by atoms with E-state index in [0.29, 0.717) is 0 Å². The third kappa shape index (κ3) is 2.15. The second-order valence-corrected chi connectivity index (χ2v) is 4.15. The van der Waals surface area contributed by atoms with Gasteiger partial charge in [-0.15, -0.1) is 0 Å². The molecule has 2 aromatic rings. The average molecular weight is 212 g/mol. The van der Waals surface area contributed by atoms with Crippen molar-refractivity contribution in [3.63, 3.8) is 0 Å². The lowest BCUT2D eigenvalue weighted by Crippen LogP contribution is -1.85. The fraction of sp³-hybridized carbons (Fsp3) is 0.200. The first-order valence-electron chi connectivity index (χ1n) is 5.48. The molecule has 1 N–H and O–H groups in total. The van der Waals surface area contributed by atoms with Gasteiger partial charge in [0.15, 0.2) is 0 Å². The number of hydrogen-bond donors (Lipinski definition) is 1. The summed E-state index contributed by atoms with van der Waals surface area (Å²) in [5.41, 5.74) is 6.00. The van der Waals surface area contributed by atoms with Crippen molar-refractivity contribution in [2.24, 2.45) is 0 Å². The van der Waals surface area contributed by atoms with Gasteiger partial charge in [-0.25, -0.2) is 0 Å². The Kier molecular flexibility index (Phi) is 3.07. The van der Waals surface area contributed by atoms with Crippen molar-refractivity contribution >= 4 is 0 Å². The lowest BCUT2D eigenvalue weighted by Gasteiger charge is -2.06. The van der Waals surface area contributed by atoms with E-state index in [1.165, 1.54) is 22.3 Å². The number of rotatable bonds is 2. The van der Waals surface area contributed by atoms with Gasteiger partial charge >= 0.3 is 0 Å². The molecular formula is C15H16O. The largest absolute Gasteiger partial charge is 0.392 e. The van der Waals surface area contributed by atoms with E-state index in [4.69, 9.17) is 5.11 Å². The van der Waals surface area contributed by atoms with Gasteiger partial charge in [0.2, 0.25) is 0 Å². The van der Waals surface area contributed by atoms with Crippen LogP contribution in [0.2, 0.25) is 0 Å². The summed E-state index contributed by atoms with van der Waals surface area (Å²) >= 11 is 0. The minimum atomic E-state index is 0.104. The Morgan fingerprint density at radius 3 is 2.00 bits per heavy atom. The van der Waals surface area contributed by atoms with E-state index in [0.717, 1.165) is 5.56 Å². The quantitative estimate of drug-likeness (QED) is 0.808.